The summed E-state index contributed by atoms with van der Waals surface area (Å²) in [5, 5.41) is 8.62. The minimum absolute atomic E-state index is 0.312. The number of hydrogen-bond donors (Lipinski definition) is 0. The van der Waals surface area contributed by atoms with Crippen LogP contribution in [0.15, 0.2) is 59.8 Å². The smallest absolute Gasteiger partial charge is 0.323 e. The lowest BCUT2D eigenvalue weighted by molar-refractivity contribution is -0.140. The van der Waals surface area contributed by atoms with Crippen LogP contribution in [0.25, 0.3) is 5.69 Å². The van der Waals surface area contributed by atoms with Gasteiger partial charge < -0.3 is 4.74 Å². The molecule has 0 saturated carbocycles. The minimum Gasteiger partial charge on any atom is -0.468 e. The van der Waals surface area contributed by atoms with E-state index in [-0.39, 0.29) is 5.97 Å². The van der Waals surface area contributed by atoms with Crippen molar-refractivity contribution in [3.63, 3.8) is 0 Å². The van der Waals surface area contributed by atoms with E-state index in [4.69, 9.17) is 4.74 Å². The molecule has 25 heavy (non-hydrogen) atoms. The Balaban J connectivity index is 2.00. The van der Waals surface area contributed by atoms with Gasteiger partial charge in [-0.15, -0.1) is 10.2 Å². The van der Waals surface area contributed by atoms with E-state index in [1.165, 1.54) is 18.9 Å². The molecule has 1 unspecified atom stereocenters. The van der Waals surface area contributed by atoms with E-state index in [1.807, 2.05) is 66.9 Å². The lowest BCUT2D eigenvalue weighted by Crippen LogP contribution is -2.12. The van der Waals surface area contributed by atoms with Gasteiger partial charge in [0.25, 0.3) is 0 Å². The van der Waals surface area contributed by atoms with E-state index < -0.39 is 5.25 Å². The van der Waals surface area contributed by atoms with Gasteiger partial charge in [-0.1, -0.05) is 54.2 Å². The van der Waals surface area contributed by atoms with Crippen molar-refractivity contribution in [3.8, 4) is 5.69 Å². The molecule has 3 rings (SSSR count). The van der Waals surface area contributed by atoms with Gasteiger partial charge >= 0.3 is 5.97 Å². The third-order valence-corrected chi connectivity index (χ3v) is 4.97. The van der Waals surface area contributed by atoms with Crippen LogP contribution in [0.4, 0.5) is 0 Å². The molecule has 0 bridgehead atoms. The number of carbonyl (C=O) groups excluding carboxylic acids is 1. The number of thioether (sulfide) groups is 1. The van der Waals surface area contributed by atoms with Crippen LogP contribution in [-0.2, 0) is 9.53 Å². The minimum atomic E-state index is -0.502. The lowest BCUT2D eigenvalue weighted by atomic mass is 10.1. The van der Waals surface area contributed by atoms with E-state index in [1.54, 1.807) is 0 Å². The van der Waals surface area contributed by atoms with Gasteiger partial charge in [-0.3, -0.25) is 9.36 Å². The van der Waals surface area contributed by atoms with Gasteiger partial charge in [0.15, 0.2) is 5.16 Å². The fourth-order valence-corrected chi connectivity index (χ4v) is 3.70. The van der Waals surface area contributed by atoms with Crippen molar-refractivity contribution in [2.24, 2.45) is 0 Å². The van der Waals surface area contributed by atoms with E-state index >= 15 is 0 Å². The second-order valence-electron chi connectivity index (χ2n) is 5.64. The first kappa shape index (κ1) is 17.2. The van der Waals surface area contributed by atoms with Gasteiger partial charge in [-0.25, -0.2) is 0 Å². The van der Waals surface area contributed by atoms with Crippen LogP contribution in [-0.4, -0.2) is 27.8 Å². The van der Waals surface area contributed by atoms with Crippen molar-refractivity contribution in [2.45, 2.75) is 24.3 Å². The summed E-state index contributed by atoms with van der Waals surface area (Å²) in [6.45, 7) is 3.94. The lowest BCUT2D eigenvalue weighted by Gasteiger charge is -2.15. The first-order valence-corrected chi connectivity index (χ1v) is 8.76. The molecule has 0 aliphatic heterocycles. The van der Waals surface area contributed by atoms with Crippen LogP contribution in [0.5, 0.6) is 0 Å². The zero-order valence-corrected chi connectivity index (χ0v) is 15.2. The Labute approximate surface area is 151 Å². The summed E-state index contributed by atoms with van der Waals surface area (Å²) in [7, 11) is 1.40. The summed E-state index contributed by atoms with van der Waals surface area (Å²) >= 11 is 1.34. The van der Waals surface area contributed by atoms with Gasteiger partial charge in [0.2, 0.25) is 0 Å². The molecule has 2 aromatic carbocycles. The highest BCUT2D eigenvalue weighted by Crippen LogP contribution is 2.36. The molecule has 0 radical (unpaired) electrons. The number of carbonyl (C=O) groups is 1. The summed E-state index contributed by atoms with van der Waals surface area (Å²) in [4.78, 5) is 12.3. The van der Waals surface area contributed by atoms with E-state index in [2.05, 4.69) is 16.3 Å². The molecule has 1 heterocycles. The Bertz CT molecular complexity index is 877. The maximum Gasteiger partial charge on any atom is 0.323 e. The topological polar surface area (TPSA) is 57.0 Å². The Hall–Kier alpha value is -2.60. The van der Waals surface area contributed by atoms with Gasteiger partial charge in [0.1, 0.15) is 11.1 Å². The fourth-order valence-electron chi connectivity index (χ4n) is 2.58. The molecular formula is C19H19N3O2S. The number of methoxy groups -OCH3 is 1. The van der Waals surface area contributed by atoms with E-state index in [0.717, 1.165) is 22.6 Å². The predicted octanol–water partition coefficient (Wildman–Crippen LogP) is 3.89. The predicted molar refractivity (Wildman–Crippen MR) is 97.9 cm³/mol. The molecule has 0 amide bonds. The molecule has 3 aromatic rings. The average molecular weight is 353 g/mol. The van der Waals surface area contributed by atoms with Crippen molar-refractivity contribution in [3.05, 3.63) is 71.5 Å². The average Bonchev–Trinajstić information content (AvgIpc) is 3.00. The second kappa shape index (κ2) is 7.53. The van der Waals surface area contributed by atoms with Gasteiger partial charge in [0, 0.05) is 5.69 Å². The van der Waals surface area contributed by atoms with Gasteiger partial charge in [-0.2, -0.15) is 0 Å². The number of esters is 1. The van der Waals surface area contributed by atoms with Crippen molar-refractivity contribution < 1.29 is 9.53 Å². The highest BCUT2D eigenvalue weighted by atomic mass is 32.2. The van der Waals surface area contributed by atoms with E-state index in [9.17, 15) is 4.79 Å². The molecule has 128 valence electrons. The Morgan fingerprint density at radius 1 is 1.08 bits per heavy atom. The third-order valence-electron chi connectivity index (χ3n) is 3.80. The molecule has 1 aromatic heterocycles. The largest absolute Gasteiger partial charge is 0.468 e. The highest BCUT2D eigenvalue weighted by molar-refractivity contribution is 8.00. The molecule has 5 nitrogen and oxygen atoms in total. The summed E-state index contributed by atoms with van der Waals surface area (Å²) in [6.07, 6.45) is 0. The zero-order chi connectivity index (χ0) is 17.8. The van der Waals surface area contributed by atoms with Crippen LogP contribution in [0.1, 0.15) is 22.2 Å². The summed E-state index contributed by atoms with van der Waals surface area (Å²) in [6, 6.07) is 17.7. The molecule has 0 saturated heterocycles. The Kier molecular flexibility index (Phi) is 5.19. The van der Waals surface area contributed by atoms with Crippen LogP contribution in [0.2, 0.25) is 0 Å². The first-order chi connectivity index (χ1) is 12.1. The van der Waals surface area contributed by atoms with Gasteiger partial charge in [0.05, 0.1) is 7.11 Å². The second-order valence-corrected chi connectivity index (χ2v) is 6.71. The quantitative estimate of drug-likeness (QED) is 0.514. The maximum atomic E-state index is 12.3. The first-order valence-electron chi connectivity index (χ1n) is 7.88. The molecule has 1 atom stereocenters. The van der Waals surface area contributed by atoms with Crippen molar-refractivity contribution in [1.29, 1.82) is 0 Å². The van der Waals surface area contributed by atoms with E-state index in [0.29, 0.717) is 5.16 Å². The fraction of sp³-hybridized carbons (Fsp3) is 0.211. The molecule has 0 aliphatic rings. The zero-order valence-electron chi connectivity index (χ0n) is 14.3. The molecule has 6 heteroatoms. The third kappa shape index (κ3) is 3.74. The van der Waals surface area contributed by atoms with Crippen molar-refractivity contribution in [1.82, 2.24) is 14.8 Å². The van der Waals surface area contributed by atoms with Crippen LogP contribution >= 0.6 is 11.8 Å². The highest BCUT2D eigenvalue weighted by Gasteiger charge is 2.26. The van der Waals surface area contributed by atoms with Crippen molar-refractivity contribution in [2.75, 3.05) is 7.11 Å². The summed E-state index contributed by atoms with van der Waals surface area (Å²) in [5.41, 5.74) is 2.99. The number of aromatic nitrogens is 3. The molecule has 0 N–H and O–H groups in total. The standard InChI is InChI=1S/C19H19N3O2S/c1-13-8-7-11-16(12-13)22-14(2)20-21-19(22)25-17(18(23)24-3)15-9-5-4-6-10-15/h4-12,17H,1-3H3. The number of hydrogen-bond acceptors (Lipinski definition) is 5. The molecule has 0 spiro atoms. The number of benzene rings is 2. The summed E-state index contributed by atoms with van der Waals surface area (Å²) in [5.74, 6) is 0.456. The van der Waals surface area contributed by atoms with Crippen LogP contribution in [0, 0.1) is 13.8 Å². The summed E-state index contributed by atoms with van der Waals surface area (Å²) < 4.78 is 6.95. The van der Waals surface area contributed by atoms with Crippen LogP contribution in [0.3, 0.4) is 0 Å². The Morgan fingerprint density at radius 3 is 2.52 bits per heavy atom. The SMILES string of the molecule is COC(=O)C(Sc1nnc(C)n1-c1cccc(C)c1)c1ccccc1. The molecular weight excluding hydrogens is 334 g/mol. The number of aryl methyl sites for hydroxylation is 2. The van der Waals surface area contributed by atoms with Crippen LogP contribution < -0.4 is 0 Å². The number of ether oxygens (including phenoxy) is 1. The number of rotatable bonds is 5. The van der Waals surface area contributed by atoms with Gasteiger partial charge in [-0.05, 0) is 37.1 Å². The maximum absolute atomic E-state index is 12.3. The Morgan fingerprint density at radius 2 is 1.84 bits per heavy atom. The monoisotopic (exact) mass is 353 g/mol. The van der Waals surface area contributed by atoms with Crippen molar-refractivity contribution >= 4 is 17.7 Å². The molecule has 0 fully saturated rings. The molecule has 0 aliphatic carbocycles. The number of nitrogens with zero attached hydrogens (tertiary/aromatic N) is 3. The normalized spacial score (nSPS) is 12.0.